The third kappa shape index (κ3) is 2.73. The highest BCUT2D eigenvalue weighted by Crippen LogP contribution is 2.47. The Balaban J connectivity index is 1.97. The molecule has 0 bridgehead atoms. The molecule has 0 saturated heterocycles. The molecule has 2 saturated carbocycles. The van der Waals surface area contributed by atoms with Crippen LogP contribution in [0.25, 0.3) is 0 Å². The molecular formula is C16H21BrFNO. The van der Waals surface area contributed by atoms with E-state index in [2.05, 4.69) is 15.9 Å². The number of benzene rings is 1. The highest BCUT2D eigenvalue weighted by molar-refractivity contribution is 9.10. The van der Waals surface area contributed by atoms with E-state index in [-0.39, 0.29) is 11.2 Å². The van der Waals surface area contributed by atoms with Gasteiger partial charge in [-0.1, -0.05) is 12.8 Å². The average Bonchev–Trinajstić information content (AvgIpc) is 3.12. The molecule has 2 N–H and O–H groups in total. The summed E-state index contributed by atoms with van der Waals surface area (Å²) in [7, 11) is 0. The Labute approximate surface area is 128 Å². The van der Waals surface area contributed by atoms with Gasteiger partial charge in [-0.15, -0.1) is 0 Å². The summed E-state index contributed by atoms with van der Waals surface area (Å²) in [5.41, 5.74) is 6.90. The zero-order chi connectivity index (χ0) is 14.2. The molecule has 0 spiro atoms. The fourth-order valence-corrected chi connectivity index (χ4v) is 3.77. The SMILES string of the molecule is NCC1(c2cc(F)cc(Br)c2OCC2CC2)CCCC1. The summed E-state index contributed by atoms with van der Waals surface area (Å²) in [6, 6.07) is 3.12. The molecule has 20 heavy (non-hydrogen) atoms. The lowest BCUT2D eigenvalue weighted by Crippen LogP contribution is -2.32. The molecule has 2 nitrogen and oxygen atoms in total. The summed E-state index contributed by atoms with van der Waals surface area (Å²) in [5.74, 6) is 1.27. The minimum Gasteiger partial charge on any atom is -0.492 e. The Kier molecular flexibility index (Phi) is 4.04. The van der Waals surface area contributed by atoms with Crippen LogP contribution in [-0.2, 0) is 5.41 Å². The van der Waals surface area contributed by atoms with Crippen LogP contribution >= 0.6 is 15.9 Å². The second kappa shape index (κ2) is 5.64. The first-order valence-electron chi connectivity index (χ1n) is 7.47. The quantitative estimate of drug-likeness (QED) is 0.873. The maximum atomic E-state index is 13.9. The van der Waals surface area contributed by atoms with E-state index in [9.17, 15) is 4.39 Å². The first-order chi connectivity index (χ1) is 9.64. The number of ether oxygens (including phenoxy) is 1. The van der Waals surface area contributed by atoms with Gasteiger partial charge < -0.3 is 10.5 Å². The van der Waals surface area contributed by atoms with Gasteiger partial charge in [-0.3, -0.25) is 0 Å². The predicted octanol–water partition coefficient (Wildman–Crippen LogP) is 4.15. The van der Waals surface area contributed by atoms with Crippen LogP contribution in [0, 0.1) is 11.7 Å². The van der Waals surface area contributed by atoms with Crippen molar-refractivity contribution in [2.24, 2.45) is 11.7 Å². The zero-order valence-corrected chi connectivity index (χ0v) is 13.2. The van der Waals surface area contributed by atoms with E-state index in [0.29, 0.717) is 16.9 Å². The number of hydrogen-bond donors (Lipinski definition) is 1. The van der Waals surface area contributed by atoms with Gasteiger partial charge in [0.15, 0.2) is 0 Å². The standard InChI is InChI=1S/C16H21BrFNO/c17-14-8-12(18)7-13(15(14)20-9-11-3-4-11)16(10-19)5-1-2-6-16/h7-8,11H,1-6,9-10,19H2. The van der Waals surface area contributed by atoms with Gasteiger partial charge in [0.2, 0.25) is 0 Å². The van der Waals surface area contributed by atoms with Crippen molar-refractivity contribution in [1.29, 1.82) is 0 Å². The molecule has 0 heterocycles. The molecule has 0 aliphatic heterocycles. The second-order valence-electron chi connectivity index (χ2n) is 6.21. The third-order valence-electron chi connectivity index (χ3n) is 4.69. The molecule has 2 fully saturated rings. The van der Waals surface area contributed by atoms with Crippen molar-refractivity contribution in [3.05, 3.63) is 28.0 Å². The van der Waals surface area contributed by atoms with E-state index >= 15 is 0 Å². The first kappa shape index (κ1) is 14.3. The Hall–Kier alpha value is -0.610. The van der Waals surface area contributed by atoms with E-state index in [1.54, 1.807) is 6.07 Å². The van der Waals surface area contributed by atoms with Gasteiger partial charge in [0.1, 0.15) is 11.6 Å². The van der Waals surface area contributed by atoms with Crippen LogP contribution in [0.3, 0.4) is 0 Å². The molecule has 110 valence electrons. The smallest absolute Gasteiger partial charge is 0.137 e. The number of hydrogen-bond acceptors (Lipinski definition) is 2. The molecular weight excluding hydrogens is 321 g/mol. The van der Waals surface area contributed by atoms with Gasteiger partial charge in [0.05, 0.1) is 11.1 Å². The lowest BCUT2D eigenvalue weighted by atomic mass is 9.78. The van der Waals surface area contributed by atoms with Crippen LogP contribution in [0.4, 0.5) is 4.39 Å². The van der Waals surface area contributed by atoms with Crippen LogP contribution in [0.1, 0.15) is 44.1 Å². The van der Waals surface area contributed by atoms with E-state index in [4.69, 9.17) is 10.5 Å². The van der Waals surface area contributed by atoms with Crippen LogP contribution in [0.15, 0.2) is 16.6 Å². The zero-order valence-electron chi connectivity index (χ0n) is 11.6. The second-order valence-corrected chi connectivity index (χ2v) is 7.06. The fourth-order valence-electron chi connectivity index (χ4n) is 3.22. The molecule has 3 rings (SSSR count). The van der Waals surface area contributed by atoms with E-state index in [1.807, 2.05) is 0 Å². The lowest BCUT2D eigenvalue weighted by Gasteiger charge is -2.30. The summed E-state index contributed by atoms with van der Waals surface area (Å²) in [6.07, 6.45) is 6.87. The van der Waals surface area contributed by atoms with Crippen molar-refractivity contribution in [1.82, 2.24) is 0 Å². The molecule has 4 heteroatoms. The molecule has 0 amide bonds. The maximum Gasteiger partial charge on any atom is 0.137 e. The van der Waals surface area contributed by atoms with E-state index in [1.165, 1.54) is 18.9 Å². The van der Waals surface area contributed by atoms with Gasteiger partial charge in [-0.2, -0.15) is 0 Å². The minimum absolute atomic E-state index is 0.108. The Morgan fingerprint density at radius 3 is 2.60 bits per heavy atom. The highest BCUT2D eigenvalue weighted by atomic mass is 79.9. The summed E-state index contributed by atoms with van der Waals surface area (Å²) in [4.78, 5) is 0. The molecule has 1 aromatic rings. The van der Waals surface area contributed by atoms with Crippen LogP contribution in [-0.4, -0.2) is 13.2 Å². The molecule has 1 aromatic carbocycles. The van der Waals surface area contributed by atoms with Crippen LogP contribution < -0.4 is 10.5 Å². The lowest BCUT2D eigenvalue weighted by molar-refractivity contribution is 0.284. The monoisotopic (exact) mass is 341 g/mol. The number of nitrogens with two attached hydrogens (primary N) is 1. The summed E-state index contributed by atoms with van der Waals surface area (Å²) in [6.45, 7) is 1.29. The van der Waals surface area contributed by atoms with Gasteiger partial charge in [-0.25, -0.2) is 4.39 Å². The van der Waals surface area contributed by atoms with Crippen LogP contribution in [0.5, 0.6) is 5.75 Å². The van der Waals surface area contributed by atoms with E-state index < -0.39 is 0 Å². The number of halogens is 2. The predicted molar refractivity (Wildman–Crippen MR) is 81.5 cm³/mol. The van der Waals surface area contributed by atoms with Gasteiger partial charge in [0, 0.05) is 17.5 Å². The first-order valence-corrected chi connectivity index (χ1v) is 8.26. The largest absolute Gasteiger partial charge is 0.492 e. The third-order valence-corrected chi connectivity index (χ3v) is 5.28. The maximum absolute atomic E-state index is 13.9. The highest BCUT2D eigenvalue weighted by Gasteiger charge is 2.38. The van der Waals surface area contributed by atoms with Crippen molar-refractivity contribution < 1.29 is 9.13 Å². The van der Waals surface area contributed by atoms with Crippen LogP contribution in [0.2, 0.25) is 0 Å². The molecule has 2 aliphatic carbocycles. The Morgan fingerprint density at radius 2 is 2.00 bits per heavy atom. The number of rotatable bonds is 5. The normalized spacial score (nSPS) is 21.1. The Bertz CT molecular complexity index is 495. The molecule has 2 aliphatic rings. The molecule has 0 unspecified atom stereocenters. The summed E-state index contributed by atoms with van der Waals surface area (Å²) in [5, 5.41) is 0. The van der Waals surface area contributed by atoms with Gasteiger partial charge in [-0.05, 0) is 59.7 Å². The van der Waals surface area contributed by atoms with Gasteiger partial charge >= 0.3 is 0 Å². The Morgan fingerprint density at radius 1 is 1.30 bits per heavy atom. The van der Waals surface area contributed by atoms with Crippen molar-refractivity contribution in [2.75, 3.05) is 13.2 Å². The van der Waals surface area contributed by atoms with Crippen molar-refractivity contribution >= 4 is 15.9 Å². The fraction of sp³-hybridized carbons (Fsp3) is 0.625. The summed E-state index contributed by atoms with van der Waals surface area (Å²) < 4.78 is 20.6. The minimum atomic E-state index is -0.217. The molecule has 0 atom stereocenters. The van der Waals surface area contributed by atoms with Crippen molar-refractivity contribution in [3.63, 3.8) is 0 Å². The average molecular weight is 342 g/mol. The van der Waals surface area contributed by atoms with Crippen molar-refractivity contribution in [3.8, 4) is 5.75 Å². The summed E-state index contributed by atoms with van der Waals surface area (Å²) >= 11 is 3.46. The van der Waals surface area contributed by atoms with Crippen molar-refractivity contribution in [2.45, 2.75) is 43.9 Å². The molecule has 0 radical (unpaired) electrons. The molecule has 0 aromatic heterocycles. The van der Waals surface area contributed by atoms with E-state index in [0.717, 1.165) is 43.6 Å². The topological polar surface area (TPSA) is 35.2 Å². The van der Waals surface area contributed by atoms with Gasteiger partial charge in [0.25, 0.3) is 0 Å².